The number of hydrogen-bond donors (Lipinski definition) is 4. The number of nitriles is 1. The number of nitrogens with one attached hydrogen (secondary N) is 2. The number of nitrogens with two attached hydrogens (primary N) is 1. The van der Waals surface area contributed by atoms with Gasteiger partial charge < -0.3 is 26.0 Å². The highest BCUT2D eigenvalue weighted by atomic mass is 16.5. The van der Waals surface area contributed by atoms with Gasteiger partial charge in [-0.15, -0.1) is 0 Å². The summed E-state index contributed by atoms with van der Waals surface area (Å²) in [6.07, 6.45) is 0. The summed E-state index contributed by atoms with van der Waals surface area (Å²) >= 11 is 0. The van der Waals surface area contributed by atoms with E-state index in [1.54, 1.807) is 24.3 Å². The van der Waals surface area contributed by atoms with Gasteiger partial charge in [0, 0.05) is 5.69 Å². The van der Waals surface area contributed by atoms with E-state index in [1.165, 1.54) is 0 Å². The Labute approximate surface area is 125 Å². The molecule has 0 aliphatic carbocycles. The van der Waals surface area contributed by atoms with E-state index in [0.29, 0.717) is 11.3 Å². The maximum Gasteiger partial charge on any atom is 0.319 e. The van der Waals surface area contributed by atoms with Gasteiger partial charge in [0.05, 0.1) is 30.8 Å². The highest BCUT2D eigenvalue weighted by molar-refractivity contribution is 5.89. The summed E-state index contributed by atoms with van der Waals surface area (Å²) in [6, 6.07) is 7.27. The van der Waals surface area contributed by atoms with Gasteiger partial charge in [-0.3, -0.25) is 0 Å². The number of carbonyl (C=O) groups is 1. The second-order valence-electron chi connectivity index (χ2n) is 4.34. The number of aromatic nitrogens is 2. The number of rotatable bonds is 5. The summed E-state index contributed by atoms with van der Waals surface area (Å²) in [7, 11) is 0. The number of carbonyl (C=O) groups excluding carboxylic acids is 1. The van der Waals surface area contributed by atoms with Crippen LogP contribution in [0.15, 0.2) is 28.8 Å². The highest BCUT2D eigenvalue weighted by Crippen LogP contribution is 2.09. The van der Waals surface area contributed by atoms with Crippen LogP contribution in [-0.2, 0) is 6.54 Å². The SMILES string of the molecule is N#Cc1cccc(NC(=O)NCc2nc(C(N)CO)no2)c1. The smallest absolute Gasteiger partial charge is 0.319 e. The monoisotopic (exact) mass is 302 g/mol. The first-order chi connectivity index (χ1) is 10.6. The Morgan fingerprint density at radius 3 is 3.09 bits per heavy atom. The van der Waals surface area contributed by atoms with Crippen LogP contribution >= 0.6 is 0 Å². The molecule has 0 fully saturated rings. The molecule has 0 radical (unpaired) electrons. The summed E-state index contributed by atoms with van der Waals surface area (Å²) in [6.45, 7) is -0.295. The van der Waals surface area contributed by atoms with Crippen molar-refractivity contribution in [1.29, 1.82) is 5.26 Å². The minimum atomic E-state index is -0.722. The summed E-state index contributed by atoms with van der Waals surface area (Å²) in [5, 5.41) is 26.3. The number of urea groups is 1. The van der Waals surface area contributed by atoms with Gasteiger partial charge >= 0.3 is 6.03 Å². The van der Waals surface area contributed by atoms with Gasteiger partial charge in [0.1, 0.15) is 0 Å². The number of nitrogens with zero attached hydrogens (tertiary/aromatic N) is 3. The van der Waals surface area contributed by atoms with Crippen molar-refractivity contribution in [2.75, 3.05) is 11.9 Å². The van der Waals surface area contributed by atoms with Crippen LogP contribution in [-0.4, -0.2) is 27.9 Å². The number of benzene rings is 1. The molecule has 9 nitrogen and oxygen atoms in total. The lowest BCUT2D eigenvalue weighted by atomic mass is 10.2. The molecule has 9 heteroatoms. The highest BCUT2D eigenvalue weighted by Gasteiger charge is 2.13. The lowest BCUT2D eigenvalue weighted by molar-refractivity contribution is 0.249. The normalized spacial score (nSPS) is 11.5. The lowest BCUT2D eigenvalue weighted by Gasteiger charge is -2.05. The molecule has 1 aromatic heterocycles. The molecule has 0 aliphatic rings. The Bertz CT molecular complexity index is 693. The Morgan fingerprint density at radius 2 is 2.36 bits per heavy atom. The number of anilines is 1. The van der Waals surface area contributed by atoms with Crippen LogP contribution in [0.4, 0.5) is 10.5 Å². The van der Waals surface area contributed by atoms with Gasteiger partial charge in [-0.1, -0.05) is 11.2 Å². The van der Waals surface area contributed by atoms with Crippen molar-refractivity contribution in [1.82, 2.24) is 15.5 Å². The second-order valence-corrected chi connectivity index (χ2v) is 4.34. The van der Waals surface area contributed by atoms with Crippen molar-refractivity contribution in [3.63, 3.8) is 0 Å². The topological polar surface area (TPSA) is 150 Å². The van der Waals surface area contributed by atoms with E-state index in [9.17, 15) is 4.79 Å². The molecule has 1 atom stereocenters. The molecule has 0 saturated heterocycles. The molecule has 1 aromatic carbocycles. The molecular weight excluding hydrogens is 288 g/mol. The zero-order valence-corrected chi connectivity index (χ0v) is 11.5. The van der Waals surface area contributed by atoms with Crippen molar-refractivity contribution >= 4 is 11.7 Å². The van der Waals surface area contributed by atoms with E-state index in [2.05, 4.69) is 20.8 Å². The summed E-state index contributed by atoms with van der Waals surface area (Å²) in [5.74, 6) is 0.334. The quantitative estimate of drug-likeness (QED) is 0.618. The number of hydrogen-bond acceptors (Lipinski definition) is 7. The predicted molar refractivity (Wildman–Crippen MR) is 75.3 cm³/mol. The first-order valence-corrected chi connectivity index (χ1v) is 6.36. The zero-order chi connectivity index (χ0) is 15.9. The van der Waals surface area contributed by atoms with E-state index in [1.807, 2.05) is 6.07 Å². The fourth-order valence-electron chi connectivity index (χ4n) is 1.57. The Morgan fingerprint density at radius 1 is 1.55 bits per heavy atom. The van der Waals surface area contributed by atoms with Crippen molar-refractivity contribution < 1.29 is 14.4 Å². The molecule has 0 bridgehead atoms. The fraction of sp³-hybridized carbons (Fsp3) is 0.231. The first-order valence-electron chi connectivity index (χ1n) is 6.36. The van der Waals surface area contributed by atoms with Crippen molar-refractivity contribution in [2.24, 2.45) is 5.73 Å². The largest absolute Gasteiger partial charge is 0.394 e. The standard InChI is InChI=1S/C13H14N6O3/c14-5-8-2-1-3-9(4-8)17-13(21)16-6-11-18-12(19-22-11)10(15)7-20/h1-4,10,20H,6-7,15H2,(H2,16,17,21). The molecule has 0 aliphatic heterocycles. The molecule has 2 rings (SSSR count). The van der Waals surface area contributed by atoms with Crippen molar-refractivity contribution in [2.45, 2.75) is 12.6 Å². The van der Waals surface area contributed by atoms with E-state index in [4.69, 9.17) is 20.6 Å². The van der Waals surface area contributed by atoms with Crippen LogP contribution in [0.3, 0.4) is 0 Å². The third-order valence-corrected chi connectivity index (χ3v) is 2.66. The maximum atomic E-state index is 11.7. The third-order valence-electron chi connectivity index (χ3n) is 2.66. The van der Waals surface area contributed by atoms with Gasteiger partial charge in [-0.25, -0.2) is 4.79 Å². The molecular formula is C13H14N6O3. The minimum absolute atomic E-state index is 0.00885. The second kappa shape index (κ2) is 7.16. The molecule has 1 heterocycles. The molecule has 2 aromatic rings. The van der Waals surface area contributed by atoms with Gasteiger partial charge in [-0.05, 0) is 18.2 Å². The van der Waals surface area contributed by atoms with Crippen molar-refractivity contribution in [3.8, 4) is 6.07 Å². The van der Waals surface area contributed by atoms with Crippen LogP contribution in [0.2, 0.25) is 0 Å². The van der Waals surface area contributed by atoms with Crippen LogP contribution in [0.5, 0.6) is 0 Å². The van der Waals surface area contributed by atoms with Crippen LogP contribution in [0.1, 0.15) is 23.3 Å². The van der Waals surface area contributed by atoms with E-state index < -0.39 is 12.1 Å². The van der Waals surface area contributed by atoms with Gasteiger partial charge in [-0.2, -0.15) is 10.2 Å². The summed E-state index contributed by atoms with van der Waals surface area (Å²) in [4.78, 5) is 15.7. The number of amides is 2. The summed E-state index contributed by atoms with van der Waals surface area (Å²) < 4.78 is 4.89. The van der Waals surface area contributed by atoms with Crippen LogP contribution in [0.25, 0.3) is 0 Å². The van der Waals surface area contributed by atoms with Gasteiger partial charge in [0.25, 0.3) is 0 Å². The minimum Gasteiger partial charge on any atom is -0.394 e. The molecule has 1 unspecified atom stereocenters. The van der Waals surface area contributed by atoms with Crippen LogP contribution in [0, 0.1) is 11.3 Å². The molecule has 0 saturated carbocycles. The van der Waals surface area contributed by atoms with Gasteiger partial charge in [0.15, 0.2) is 5.82 Å². The van der Waals surface area contributed by atoms with E-state index in [-0.39, 0.29) is 24.9 Å². The zero-order valence-electron chi connectivity index (χ0n) is 11.5. The molecule has 22 heavy (non-hydrogen) atoms. The summed E-state index contributed by atoms with van der Waals surface area (Å²) in [5.41, 5.74) is 6.46. The predicted octanol–water partition coefficient (Wildman–Crippen LogP) is 0.255. The lowest BCUT2D eigenvalue weighted by Crippen LogP contribution is -2.28. The molecule has 5 N–H and O–H groups in total. The molecule has 114 valence electrons. The first kappa shape index (κ1) is 15.4. The number of aliphatic hydroxyl groups is 1. The van der Waals surface area contributed by atoms with Crippen LogP contribution < -0.4 is 16.4 Å². The average molecular weight is 302 g/mol. The molecule has 0 spiro atoms. The molecule has 2 amide bonds. The fourth-order valence-corrected chi connectivity index (χ4v) is 1.57. The third kappa shape index (κ3) is 4.02. The Kier molecular flexibility index (Phi) is 5.02. The van der Waals surface area contributed by atoms with Crippen molar-refractivity contribution in [3.05, 3.63) is 41.5 Å². The van der Waals surface area contributed by atoms with E-state index >= 15 is 0 Å². The number of aliphatic hydroxyl groups excluding tert-OH is 1. The average Bonchev–Trinajstić information content (AvgIpc) is 3.01. The van der Waals surface area contributed by atoms with Gasteiger partial charge in [0.2, 0.25) is 5.89 Å². The maximum absolute atomic E-state index is 11.7. The Balaban J connectivity index is 1.87. The van der Waals surface area contributed by atoms with E-state index in [0.717, 1.165) is 0 Å². The Hall–Kier alpha value is -2.96.